The van der Waals surface area contributed by atoms with Crippen LogP contribution in [-0.4, -0.2) is 17.3 Å². The summed E-state index contributed by atoms with van der Waals surface area (Å²) in [6.45, 7) is 4.64. The van der Waals surface area contributed by atoms with Crippen LogP contribution in [0.2, 0.25) is 5.02 Å². The topological polar surface area (TPSA) is 38.7 Å². The fourth-order valence-electron chi connectivity index (χ4n) is 3.90. The summed E-state index contributed by atoms with van der Waals surface area (Å²) in [5.41, 5.74) is 3.19. The number of fused-ring (bicyclic) bond motifs is 2. The van der Waals surface area contributed by atoms with Crippen LogP contribution in [0.1, 0.15) is 53.1 Å². The van der Waals surface area contributed by atoms with Gasteiger partial charge in [-0.2, -0.15) is 0 Å². The van der Waals surface area contributed by atoms with Crippen LogP contribution in [-0.2, 0) is 34.7 Å². The number of aryl methyl sites for hydroxylation is 1. The van der Waals surface area contributed by atoms with Gasteiger partial charge in [-0.3, -0.25) is 0 Å². The van der Waals surface area contributed by atoms with Crippen LogP contribution in [0.15, 0.2) is 24.3 Å². The molecule has 25 heavy (non-hydrogen) atoms. The van der Waals surface area contributed by atoms with Gasteiger partial charge in [0.05, 0.1) is 18.8 Å². The van der Waals surface area contributed by atoms with Crippen molar-refractivity contribution in [2.75, 3.05) is 0 Å². The normalized spacial score (nSPS) is 28.5. The summed E-state index contributed by atoms with van der Waals surface area (Å²) in [6, 6.07) is 8.50. The standard InChI is InChI=1S/C20H23ClO3S/c1-3-16-4-5-17(25-16)7-13-8-18-14(9-19(13)21)11-23-20(18)10-15(22)6-12(2)24-20/h4-5,8-9,12,15,22H,3,6-7,10-11H2,1-2H3/t12-,15+,20-/m1/s1. The van der Waals surface area contributed by atoms with Crippen molar-refractivity contribution in [2.45, 2.75) is 64.1 Å². The van der Waals surface area contributed by atoms with Crippen LogP contribution in [0, 0.1) is 0 Å². The molecule has 5 heteroatoms. The fourth-order valence-corrected chi connectivity index (χ4v) is 5.13. The third-order valence-corrected chi connectivity index (χ3v) is 6.66. The maximum atomic E-state index is 10.2. The van der Waals surface area contributed by atoms with Crippen LogP contribution < -0.4 is 0 Å². The monoisotopic (exact) mass is 378 g/mol. The summed E-state index contributed by atoms with van der Waals surface area (Å²) in [5, 5.41) is 11.0. The average Bonchev–Trinajstić information content (AvgIpc) is 3.13. The molecule has 0 bridgehead atoms. The van der Waals surface area contributed by atoms with Gasteiger partial charge in [-0.15, -0.1) is 11.3 Å². The first-order valence-electron chi connectivity index (χ1n) is 8.88. The number of halogens is 1. The van der Waals surface area contributed by atoms with Crippen molar-refractivity contribution in [1.82, 2.24) is 0 Å². The second kappa shape index (κ2) is 6.67. The minimum atomic E-state index is -0.824. The van der Waals surface area contributed by atoms with Crippen molar-refractivity contribution in [3.8, 4) is 0 Å². The number of thiophene rings is 1. The van der Waals surface area contributed by atoms with Crippen molar-refractivity contribution in [1.29, 1.82) is 0 Å². The highest BCUT2D eigenvalue weighted by Gasteiger charge is 2.47. The molecule has 1 aromatic carbocycles. The molecule has 2 aliphatic heterocycles. The van der Waals surface area contributed by atoms with Crippen molar-refractivity contribution in [3.05, 3.63) is 55.7 Å². The van der Waals surface area contributed by atoms with E-state index in [2.05, 4.69) is 25.1 Å². The van der Waals surface area contributed by atoms with E-state index >= 15 is 0 Å². The van der Waals surface area contributed by atoms with Gasteiger partial charge in [-0.1, -0.05) is 18.5 Å². The van der Waals surface area contributed by atoms with Gasteiger partial charge in [-0.25, -0.2) is 0 Å². The Morgan fingerprint density at radius 2 is 2.12 bits per heavy atom. The molecular formula is C20H23ClO3S. The Hall–Kier alpha value is -0.910. The van der Waals surface area contributed by atoms with Crippen LogP contribution in [0.3, 0.4) is 0 Å². The van der Waals surface area contributed by atoms with Gasteiger partial charge in [0.25, 0.3) is 0 Å². The minimum absolute atomic E-state index is 0.0294. The highest BCUT2D eigenvalue weighted by molar-refractivity contribution is 7.12. The summed E-state index contributed by atoms with van der Waals surface area (Å²) in [6.07, 6.45) is 2.56. The molecule has 0 amide bonds. The Labute approximate surface area is 157 Å². The van der Waals surface area contributed by atoms with E-state index in [0.29, 0.717) is 19.4 Å². The van der Waals surface area contributed by atoms with Crippen LogP contribution in [0.4, 0.5) is 0 Å². The molecule has 1 aromatic heterocycles. The van der Waals surface area contributed by atoms with E-state index in [4.69, 9.17) is 21.1 Å². The first-order valence-corrected chi connectivity index (χ1v) is 10.1. The van der Waals surface area contributed by atoms with Crippen LogP contribution in [0.25, 0.3) is 0 Å². The fraction of sp³-hybridized carbons (Fsp3) is 0.500. The molecule has 1 fully saturated rings. The van der Waals surface area contributed by atoms with Gasteiger partial charge >= 0.3 is 0 Å². The van der Waals surface area contributed by atoms with Crippen LogP contribution >= 0.6 is 22.9 Å². The van der Waals surface area contributed by atoms with Crippen molar-refractivity contribution >= 4 is 22.9 Å². The second-order valence-corrected chi connectivity index (χ2v) is 8.72. The predicted octanol–water partition coefficient (Wildman–Crippen LogP) is 4.80. The molecule has 0 unspecified atom stereocenters. The van der Waals surface area contributed by atoms with E-state index in [9.17, 15) is 5.11 Å². The number of benzene rings is 1. The second-order valence-electron chi connectivity index (χ2n) is 7.06. The van der Waals surface area contributed by atoms with Crippen LogP contribution in [0.5, 0.6) is 0 Å². The molecule has 0 radical (unpaired) electrons. The Morgan fingerprint density at radius 1 is 1.32 bits per heavy atom. The van der Waals surface area contributed by atoms with Gasteiger partial charge in [0.15, 0.2) is 5.79 Å². The SMILES string of the molecule is CCc1ccc(Cc2cc3c(cc2Cl)CO[C@@]32C[C@@H](O)C[C@@H](C)O2)s1. The lowest BCUT2D eigenvalue weighted by atomic mass is 9.90. The molecular weight excluding hydrogens is 356 g/mol. The molecule has 134 valence electrons. The molecule has 2 aromatic rings. The Kier molecular flexibility index (Phi) is 4.67. The summed E-state index contributed by atoms with van der Waals surface area (Å²) in [5.74, 6) is -0.824. The average molecular weight is 379 g/mol. The Morgan fingerprint density at radius 3 is 2.84 bits per heavy atom. The maximum absolute atomic E-state index is 10.2. The zero-order valence-electron chi connectivity index (χ0n) is 14.5. The molecule has 4 rings (SSSR count). The third kappa shape index (κ3) is 3.26. The van der Waals surface area contributed by atoms with E-state index in [1.54, 1.807) is 0 Å². The lowest BCUT2D eigenvalue weighted by molar-refractivity contribution is -0.295. The molecule has 2 aliphatic rings. The molecule has 1 spiro atoms. The maximum Gasteiger partial charge on any atom is 0.198 e. The van der Waals surface area contributed by atoms with Gasteiger partial charge in [0.1, 0.15) is 0 Å². The van der Waals surface area contributed by atoms with Gasteiger partial charge in [0, 0.05) is 33.2 Å². The lowest BCUT2D eigenvalue weighted by Gasteiger charge is -2.39. The Bertz CT molecular complexity index is 775. The number of rotatable bonds is 3. The quantitative estimate of drug-likeness (QED) is 0.833. The lowest BCUT2D eigenvalue weighted by Crippen LogP contribution is -2.43. The summed E-state index contributed by atoms with van der Waals surface area (Å²) < 4.78 is 12.2. The first-order chi connectivity index (χ1) is 12.0. The van der Waals surface area contributed by atoms with E-state index in [-0.39, 0.29) is 6.10 Å². The highest BCUT2D eigenvalue weighted by Crippen LogP contribution is 2.47. The molecule has 3 nitrogen and oxygen atoms in total. The Balaban J connectivity index is 1.68. The summed E-state index contributed by atoms with van der Waals surface area (Å²) in [4.78, 5) is 2.70. The van der Waals surface area contributed by atoms with Crippen molar-refractivity contribution < 1.29 is 14.6 Å². The predicted molar refractivity (Wildman–Crippen MR) is 100 cm³/mol. The van der Waals surface area contributed by atoms with Gasteiger partial charge < -0.3 is 14.6 Å². The van der Waals surface area contributed by atoms with Crippen molar-refractivity contribution in [2.24, 2.45) is 0 Å². The largest absolute Gasteiger partial charge is 0.393 e. The van der Waals surface area contributed by atoms with E-state index < -0.39 is 11.9 Å². The zero-order chi connectivity index (χ0) is 17.6. The number of hydrogen-bond acceptors (Lipinski definition) is 4. The number of hydrogen-bond donors (Lipinski definition) is 1. The summed E-state index contributed by atoms with van der Waals surface area (Å²) in [7, 11) is 0. The van der Waals surface area contributed by atoms with E-state index in [1.807, 2.05) is 24.3 Å². The molecule has 0 aliphatic carbocycles. The molecule has 0 saturated carbocycles. The smallest absolute Gasteiger partial charge is 0.198 e. The third-order valence-electron chi connectivity index (χ3n) is 5.07. The minimum Gasteiger partial charge on any atom is -0.393 e. The number of aliphatic hydroxyl groups is 1. The molecule has 1 N–H and O–H groups in total. The summed E-state index contributed by atoms with van der Waals surface area (Å²) >= 11 is 8.38. The first kappa shape index (κ1) is 17.5. The van der Waals surface area contributed by atoms with Gasteiger partial charge in [-0.05, 0) is 55.2 Å². The number of ether oxygens (including phenoxy) is 2. The molecule has 1 saturated heterocycles. The van der Waals surface area contributed by atoms with Gasteiger partial charge in [0.2, 0.25) is 0 Å². The van der Waals surface area contributed by atoms with E-state index in [0.717, 1.165) is 34.6 Å². The molecule has 3 atom stereocenters. The molecule has 3 heterocycles. The van der Waals surface area contributed by atoms with Crippen molar-refractivity contribution in [3.63, 3.8) is 0 Å². The zero-order valence-corrected chi connectivity index (χ0v) is 16.1. The van der Waals surface area contributed by atoms with E-state index in [1.165, 1.54) is 9.75 Å². The highest BCUT2D eigenvalue weighted by atomic mass is 35.5. The number of aliphatic hydroxyl groups excluding tert-OH is 1.